The molecule has 19 heavy (non-hydrogen) atoms. The Bertz CT molecular complexity index is 542. The Morgan fingerprint density at radius 1 is 0.842 bits per heavy atom. The summed E-state index contributed by atoms with van der Waals surface area (Å²) in [5.74, 6) is -1.64. The quantitative estimate of drug-likeness (QED) is 0.883. The van der Waals surface area contributed by atoms with Crippen molar-refractivity contribution in [3.8, 4) is 0 Å². The maximum atomic E-state index is 13.3. The first-order chi connectivity index (χ1) is 9.02. The Balaban J connectivity index is 2.43. The Morgan fingerprint density at radius 2 is 1.47 bits per heavy atom. The number of rotatable bonds is 3. The SMILES string of the molecule is CNC(c1ccc(C)c(C)c1)c1ccc(F)c(F)c1. The molecule has 0 aliphatic heterocycles. The van der Waals surface area contributed by atoms with Crippen LogP contribution in [0.3, 0.4) is 0 Å². The van der Waals surface area contributed by atoms with E-state index in [9.17, 15) is 8.78 Å². The summed E-state index contributed by atoms with van der Waals surface area (Å²) in [6.07, 6.45) is 0. The largest absolute Gasteiger partial charge is 0.309 e. The van der Waals surface area contributed by atoms with Crippen LogP contribution in [-0.4, -0.2) is 7.05 Å². The molecular weight excluding hydrogens is 244 g/mol. The van der Waals surface area contributed by atoms with Crippen molar-refractivity contribution in [2.75, 3.05) is 7.05 Å². The molecule has 0 fully saturated rings. The Kier molecular flexibility index (Phi) is 3.96. The molecule has 0 spiro atoms. The van der Waals surface area contributed by atoms with Gasteiger partial charge in [0.1, 0.15) is 0 Å². The van der Waals surface area contributed by atoms with Gasteiger partial charge in [-0.25, -0.2) is 8.78 Å². The maximum absolute atomic E-state index is 13.3. The second-order valence-corrected chi connectivity index (χ2v) is 4.74. The minimum Gasteiger partial charge on any atom is -0.309 e. The van der Waals surface area contributed by atoms with Crippen molar-refractivity contribution in [1.82, 2.24) is 5.32 Å². The second kappa shape index (κ2) is 5.49. The van der Waals surface area contributed by atoms with E-state index in [1.165, 1.54) is 17.2 Å². The average molecular weight is 261 g/mol. The van der Waals surface area contributed by atoms with Crippen LogP contribution in [0.25, 0.3) is 0 Å². The Labute approximate surface area is 112 Å². The maximum Gasteiger partial charge on any atom is 0.159 e. The van der Waals surface area contributed by atoms with Crippen LogP contribution in [0.5, 0.6) is 0 Å². The zero-order chi connectivity index (χ0) is 14.0. The highest BCUT2D eigenvalue weighted by Gasteiger charge is 2.14. The van der Waals surface area contributed by atoms with Crippen LogP contribution in [0.1, 0.15) is 28.3 Å². The van der Waals surface area contributed by atoms with Crippen molar-refractivity contribution >= 4 is 0 Å². The summed E-state index contributed by atoms with van der Waals surface area (Å²) >= 11 is 0. The van der Waals surface area contributed by atoms with Crippen LogP contribution in [0, 0.1) is 25.5 Å². The van der Waals surface area contributed by atoms with Crippen LogP contribution >= 0.6 is 0 Å². The molecule has 2 aromatic carbocycles. The topological polar surface area (TPSA) is 12.0 Å². The molecule has 1 N–H and O–H groups in total. The van der Waals surface area contributed by atoms with Crippen molar-refractivity contribution in [2.24, 2.45) is 0 Å². The van der Waals surface area contributed by atoms with Crippen LogP contribution in [0.4, 0.5) is 8.78 Å². The van der Waals surface area contributed by atoms with E-state index < -0.39 is 11.6 Å². The van der Waals surface area contributed by atoms with E-state index in [2.05, 4.69) is 11.4 Å². The molecule has 0 aliphatic rings. The van der Waals surface area contributed by atoms with Crippen molar-refractivity contribution < 1.29 is 8.78 Å². The van der Waals surface area contributed by atoms with E-state index in [-0.39, 0.29) is 6.04 Å². The molecule has 0 aromatic heterocycles. The molecule has 3 heteroatoms. The first-order valence-electron chi connectivity index (χ1n) is 6.22. The van der Waals surface area contributed by atoms with Gasteiger partial charge in [-0.2, -0.15) is 0 Å². The number of nitrogens with one attached hydrogen (secondary N) is 1. The molecule has 1 unspecified atom stereocenters. The molecule has 0 amide bonds. The number of hydrogen-bond donors (Lipinski definition) is 1. The minimum absolute atomic E-state index is 0.144. The third kappa shape index (κ3) is 2.82. The van der Waals surface area contributed by atoms with Gasteiger partial charge >= 0.3 is 0 Å². The molecule has 0 aliphatic carbocycles. The van der Waals surface area contributed by atoms with Gasteiger partial charge in [0.2, 0.25) is 0 Å². The van der Waals surface area contributed by atoms with Crippen LogP contribution in [0.15, 0.2) is 36.4 Å². The summed E-state index contributed by atoms with van der Waals surface area (Å²) in [4.78, 5) is 0. The highest BCUT2D eigenvalue weighted by Crippen LogP contribution is 2.24. The van der Waals surface area contributed by atoms with Crippen molar-refractivity contribution in [2.45, 2.75) is 19.9 Å². The van der Waals surface area contributed by atoms with E-state index in [0.717, 1.165) is 11.6 Å². The second-order valence-electron chi connectivity index (χ2n) is 4.74. The van der Waals surface area contributed by atoms with Crippen LogP contribution < -0.4 is 5.32 Å². The monoisotopic (exact) mass is 261 g/mol. The summed E-state index contributed by atoms with van der Waals surface area (Å²) in [6, 6.07) is 9.97. The van der Waals surface area contributed by atoms with Gasteiger partial charge in [0.15, 0.2) is 11.6 Å². The Morgan fingerprint density at radius 3 is 2.05 bits per heavy atom. The molecule has 2 rings (SSSR count). The molecule has 0 heterocycles. The normalized spacial score (nSPS) is 12.5. The van der Waals surface area contributed by atoms with Crippen molar-refractivity contribution in [3.05, 3.63) is 70.3 Å². The first kappa shape index (κ1) is 13.7. The Hall–Kier alpha value is -1.74. The average Bonchev–Trinajstić information content (AvgIpc) is 2.39. The van der Waals surface area contributed by atoms with E-state index in [1.54, 1.807) is 13.1 Å². The molecule has 2 aromatic rings. The summed E-state index contributed by atoms with van der Waals surface area (Å²) in [5, 5.41) is 3.14. The molecule has 100 valence electrons. The molecule has 1 atom stereocenters. The summed E-state index contributed by atoms with van der Waals surface area (Å²) in [7, 11) is 1.81. The lowest BCUT2D eigenvalue weighted by molar-refractivity contribution is 0.505. The smallest absolute Gasteiger partial charge is 0.159 e. The predicted octanol–water partition coefficient (Wildman–Crippen LogP) is 3.89. The van der Waals surface area contributed by atoms with E-state index in [1.807, 2.05) is 26.0 Å². The number of benzene rings is 2. The highest BCUT2D eigenvalue weighted by atomic mass is 19.2. The van der Waals surface area contributed by atoms with Gasteiger partial charge in [-0.05, 0) is 55.3 Å². The molecule has 0 saturated heterocycles. The number of aryl methyl sites for hydroxylation is 2. The van der Waals surface area contributed by atoms with Gasteiger partial charge < -0.3 is 5.32 Å². The van der Waals surface area contributed by atoms with Crippen molar-refractivity contribution in [3.63, 3.8) is 0 Å². The summed E-state index contributed by atoms with van der Waals surface area (Å²) in [6.45, 7) is 4.09. The van der Waals surface area contributed by atoms with Gasteiger partial charge in [-0.15, -0.1) is 0 Å². The van der Waals surface area contributed by atoms with Gasteiger partial charge in [0, 0.05) is 0 Å². The molecule has 0 bridgehead atoms. The standard InChI is InChI=1S/C16H17F2N/c1-10-4-5-12(8-11(10)2)16(19-3)13-6-7-14(17)15(18)9-13/h4-9,16,19H,1-3H3. The van der Waals surface area contributed by atoms with Crippen molar-refractivity contribution in [1.29, 1.82) is 0 Å². The zero-order valence-electron chi connectivity index (χ0n) is 11.3. The van der Waals surface area contributed by atoms with Gasteiger partial charge in [-0.1, -0.05) is 24.3 Å². The third-order valence-corrected chi connectivity index (χ3v) is 3.43. The molecule has 0 radical (unpaired) electrons. The van der Waals surface area contributed by atoms with Crippen LogP contribution in [-0.2, 0) is 0 Å². The first-order valence-corrected chi connectivity index (χ1v) is 6.22. The van der Waals surface area contributed by atoms with E-state index >= 15 is 0 Å². The van der Waals surface area contributed by atoms with Gasteiger partial charge in [0.05, 0.1) is 6.04 Å². The highest BCUT2D eigenvalue weighted by molar-refractivity contribution is 5.37. The molecule has 1 nitrogen and oxygen atoms in total. The fraction of sp³-hybridized carbons (Fsp3) is 0.250. The lowest BCUT2D eigenvalue weighted by atomic mass is 9.95. The minimum atomic E-state index is -0.821. The number of halogens is 2. The van der Waals surface area contributed by atoms with Crippen LogP contribution in [0.2, 0.25) is 0 Å². The zero-order valence-corrected chi connectivity index (χ0v) is 11.3. The van der Waals surface area contributed by atoms with E-state index in [0.29, 0.717) is 5.56 Å². The lowest BCUT2D eigenvalue weighted by Gasteiger charge is -2.18. The van der Waals surface area contributed by atoms with E-state index in [4.69, 9.17) is 0 Å². The number of hydrogen-bond acceptors (Lipinski definition) is 1. The fourth-order valence-electron chi connectivity index (χ4n) is 2.16. The predicted molar refractivity (Wildman–Crippen MR) is 73.2 cm³/mol. The lowest BCUT2D eigenvalue weighted by Crippen LogP contribution is -2.18. The molecule has 0 saturated carbocycles. The summed E-state index contributed by atoms with van der Waals surface area (Å²) in [5.41, 5.74) is 4.14. The molecular formula is C16H17F2N. The van der Waals surface area contributed by atoms with Gasteiger partial charge in [-0.3, -0.25) is 0 Å². The third-order valence-electron chi connectivity index (χ3n) is 3.43. The van der Waals surface area contributed by atoms with Gasteiger partial charge in [0.25, 0.3) is 0 Å². The fourth-order valence-corrected chi connectivity index (χ4v) is 2.16. The summed E-state index contributed by atoms with van der Waals surface area (Å²) < 4.78 is 26.3.